The Balaban J connectivity index is 0.00000105. The molecule has 0 atom stereocenters. The van der Waals surface area contributed by atoms with Crippen LogP contribution in [0.5, 0.6) is 0 Å². The van der Waals surface area contributed by atoms with Crippen molar-refractivity contribution >= 4 is 31.1 Å². The molecule has 0 unspecified atom stereocenters. The van der Waals surface area contributed by atoms with Gasteiger partial charge in [-0.05, 0) is 59.3 Å². The molecule has 0 radical (unpaired) electrons. The van der Waals surface area contributed by atoms with E-state index in [1.54, 1.807) is 6.08 Å². The van der Waals surface area contributed by atoms with Gasteiger partial charge in [-0.1, -0.05) is 37.6 Å². The lowest BCUT2D eigenvalue weighted by atomic mass is 9.75. The Hall–Kier alpha value is -2.05. The molecule has 6 heteroatoms. The van der Waals surface area contributed by atoms with Crippen LogP contribution in [0.1, 0.15) is 49.8 Å². The summed E-state index contributed by atoms with van der Waals surface area (Å²) >= 11 is 4.55. The predicted octanol–water partition coefficient (Wildman–Crippen LogP) is 3.42. The molecule has 2 rings (SSSR count). The average molecular weight is 377 g/mol. The molecule has 0 saturated heterocycles. The van der Waals surface area contributed by atoms with Gasteiger partial charge in [-0.15, -0.1) is 12.6 Å². The molecule has 0 bridgehead atoms. The molecule has 1 aliphatic carbocycles. The Morgan fingerprint density at radius 3 is 2.54 bits per heavy atom. The minimum absolute atomic E-state index is 0.0973. The highest BCUT2D eigenvalue weighted by Crippen LogP contribution is 2.43. The first-order valence-corrected chi connectivity index (χ1v) is 8.91. The zero-order valence-electron chi connectivity index (χ0n) is 15.6. The van der Waals surface area contributed by atoms with Crippen molar-refractivity contribution in [3.05, 3.63) is 50.9 Å². The van der Waals surface area contributed by atoms with E-state index in [0.29, 0.717) is 12.1 Å². The summed E-state index contributed by atoms with van der Waals surface area (Å²) in [6.07, 6.45) is 4.58. The van der Waals surface area contributed by atoms with Crippen molar-refractivity contribution in [3.8, 4) is 0 Å². The minimum Gasteiger partial charge on any atom is -0.478 e. The number of nitrogens with two attached hydrogens (primary N) is 2. The zero-order valence-corrected chi connectivity index (χ0v) is 16.5. The summed E-state index contributed by atoms with van der Waals surface area (Å²) in [4.78, 5) is 21.3. The number of aryl methyl sites for hydroxylation is 1. The molecule has 0 aromatic heterocycles. The van der Waals surface area contributed by atoms with Gasteiger partial charge in [0.2, 0.25) is 6.41 Å². The lowest BCUT2D eigenvalue weighted by molar-refractivity contribution is -0.132. The Kier molecular flexibility index (Phi) is 8.11. The predicted molar refractivity (Wildman–Crippen MR) is 109 cm³/mol. The molecule has 1 aliphatic rings. The van der Waals surface area contributed by atoms with Gasteiger partial charge in [0.1, 0.15) is 0 Å². The van der Waals surface area contributed by atoms with Gasteiger partial charge in [0, 0.05) is 6.54 Å². The molecular weight excluding hydrogens is 348 g/mol. The van der Waals surface area contributed by atoms with E-state index in [1.165, 1.54) is 0 Å². The second kappa shape index (κ2) is 9.59. The lowest BCUT2D eigenvalue weighted by Gasteiger charge is -2.32. The quantitative estimate of drug-likeness (QED) is 0.367. The van der Waals surface area contributed by atoms with Crippen LogP contribution in [0.15, 0.2) is 34.3 Å². The second-order valence-corrected chi connectivity index (χ2v) is 7.71. The number of primary amides is 1. The van der Waals surface area contributed by atoms with Gasteiger partial charge in [-0.25, -0.2) is 4.79 Å². The molecule has 5 N–H and O–H groups in total. The van der Waals surface area contributed by atoms with Crippen molar-refractivity contribution < 1.29 is 14.7 Å². The molecule has 0 spiro atoms. The van der Waals surface area contributed by atoms with E-state index in [9.17, 15) is 9.90 Å². The van der Waals surface area contributed by atoms with Crippen LogP contribution in [-0.2, 0) is 16.1 Å². The average Bonchev–Trinajstić information content (AvgIpc) is 2.56. The number of allylic oxidation sites excluding steroid dienone is 1. The Morgan fingerprint density at radius 1 is 1.38 bits per heavy atom. The van der Waals surface area contributed by atoms with Crippen molar-refractivity contribution in [1.82, 2.24) is 0 Å². The summed E-state index contributed by atoms with van der Waals surface area (Å²) in [5, 5.41) is 9.73. The first kappa shape index (κ1) is 22.0. The highest BCUT2D eigenvalue weighted by molar-refractivity contribution is 7.84. The molecule has 142 valence electrons. The van der Waals surface area contributed by atoms with E-state index in [0.717, 1.165) is 46.4 Å². The van der Waals surface area contributed by atoms with Gasteiger partial charge in [0.25, 0.3) is 0 Å². The van der Waals surface area contributed by atoms with Crippen LogP contribution in [-0.4, -0.2) is 17.5 Å². The molecule has 0 aliphatic heterocycles. The second-order valence-electron chi connectivity index (χ2n) is 7.17. The number of carboxylic acid groups (broad SMARTS) is 1. The molecule has 0 fully saturated rings. The van der Waals surface area contributed by atoms with Crippen LogP contribution in [0.3, 0.4) is 0 Å². The van der Waals surface area contributed by atoms with Crippen LogP contribution in [0.4, 0.5) is 0 Å². The van der Waals surface area contributed by atoms with Gasteiger partial charge in [-0.3, -0.25) is 4.79 Å². The number of carbonyl (C=O) groups excluding carboxylic acids is 1. The third kappa shape index (κ3) is 6.04. The van der Waals surface area contributed by atoms with Crippen molar-refractivity contribution in [2.24, 2.45) is 16.9 Å². The van der Waals surface area contributed by atoms with Crippen molar-refractivity contribution in [1.29, 1.82) is 0 Å². The molecular formula is C20H28N2O3S. The van der Waals surface area contributed by atoms with Gasteiger partial charge < -0.3 is 16.6 Å². The molecule has 0 heterocycles. The number of rotatable bonds is 4. The third-order valence-electron chi connectivity index (χ3n) is 4.42. The number of amides is 1. The Labute approximate surface area is 160 Å². The fourth-order valence-electron chi connectivity index (χ4n) is 3.01. The van der Waals surface area contributed by atoms with Crippen LogP contribution in [0.2, 0.25) is 0 Å². The first-order chi connectivity index (χ1) is 12.1. The molecule has 1 aromatic rings. The van der Waals surface area contributed by atoms with E-state index >= 15 is 0 Å². The summed E-state index contributed by atoms with van der Waals surface area (Å²) < 4.78 is 0. The summed E-state index contributed by atoms with van der Waals surface area (Å²) in [5.74, 6) is -0.909. The van der Waals surface area contributed by atoms with E-state index in [-0.39, 0.29) is 11.8 Å². The molecule has 1 aromatic carbocycles. The minimum atomic E-state index is -0.909. The van der Waals surface area contributed by atoms with Gasteiger partial charge in [0.05, 0.1) is 5.57 Å². The first-order valence-electron chi connectivity index (χ1n) is 8.46. The van der Waals surface area contributed by atoms with E-state index in [4.69, 9.17) is 10.5 Å². The highest BCUT2D eigenvalue weighted by atomic mass is 32.1. The van der Waals surface area contributed by atoms with Gasteiger partial charge >= 0.3 is 5.97 Å². The van der Waals surface area contributed by atoms with Gasteiger partial charge in [-0.2, -0.15) is 0 Å². The van der Waals surface area contributed by atoms with Crippen molar-refractivity contribution in [3.63, 3.8) is 0 Å². The molecule has 5 nitrogen and oxygen atoms in total. The van der Waals surface area contributed by atoms with Crippen LogP contribution in [0, 0.1) is 12.3 Å². The van der Waals surface area contributed by atoms with Crippen molar-refractivity contribution in [2.45, 2.75) is 46.6 Å². The third-order valence-corrected chi connectivity index (χ3v) is 4.91. The molecule has 26 heavy (non-hydrogen) atoms. The van der Waals surface area contributed by atoms with E-state index in [1.807, 2.05) is 25.1 Å². The SMILES string of the molecule is Cc1ccc(/C=C(\C(=O)O)C2=C(S)CCC(C)(C)C2)c(CN)c1.NC=O. The van der Waals surface area contributed by atoms with Gasteiger partial charge in [0.15, 0.2) is 0 Å². The fourth-order valence-corrected chi connectivity index (χ4v) is 3.32. The van der Waals surface area contributed by atoms with Crippen LogP contribution in [0.25, 0.3) is 6.08 Å². The standard InChI is InChI=1S/C19H25NO2S.CH3NO/c1-12-4-5-13(14(8-12)11-20)9-15(18(21)22)16-10-19(2,3)7-6-17(16)23;2-1-3/h4-5,8-9,23H,6-7,10-11,20H2,1-3H3,(H,21,22);1H,(H2,2,3)/b15-9-;. The lowest BCUT2D eigenvalue weighted by Crippen LogP contribution is -2.20. The number of thiol groups is 1. The number of hydrogen-bond acceptors (Lipinski definition) is 4. The number of carboxylic acids is 1. The number of carbonyl (C=O) groups is 2. The molecule has 0 saturated carbocycles. The van der Waals surface area contributed by atoms with E-state index in [2.05, 4.69) is 32.2 Å². The van der Waals surface area contributed by atoms with Crippen LogP contribution >= 0.6 is 12.6 Å². The maximum Gasteiger partial charge on any atom is 0.336 e. The Morgan fingerprint density at radius 2 is 2.00 bits per heavy atom. The number of hydrogen-bond donors (Lipinski definition) is 4. The summed E-state index contributed by atoms with van der Waals surface area (Å²) in [6, 6.07) is 5.92. The Bertz CT molecular complexity index is 737. The number of aliphatic carboxylic acids is 1. The van der Waals surface area contributed by atoms with Crippen molar-refractivity contribution in [2.75, 3.05) is 0 Å². The molecule has 1 amide bonds. The topological polar surface area (TPSA) is 106 Å². The normalized spacial score (nSPS) is 16.6. The maximum absolute atomic E-state index is 11.9. The smallest absolute Gasteiger partial charge is 0.336 e. The summed E-state index contributed by atoms with van der Waals surface area (Å²) in [7, 11) is 0. The fraction of sp³-hybridized carbons (Fsp3) is 0.400. The number of benzene rings is 1. The maximum atomic E-state index is 11.9. The summed E-state index contributed by atoms with van der Waals surface area (Å²) in [6.45, 7) is 6.73. The monoisotopic (exact) mass is 376 g/mol. The van der Waals surface area contributed by atoms with Crippen LogP contribution < -0.4 is 11.5 Å². The van der Waals surface area contributed by atoms with E-state index < -0.39 is 5.97 Å². The highest BCUT2D eigenvalue weighted by Gasteiger charge is 2.29. The largest absolute Gasteiger partial charge is 0.478 e. The summed E-state index contributed by atoms with van der Waals surface area (Å²) in [5.41, 5.74) is 14.2. The zero-order chi connectivity index (χ0) is 19.9.